The number of carbonyl (C=O) groups excluding carboxylic acids is 1. The molecule has 26 heavy (non-hydrogen) atoms. The molecule has 0 saturated heterocycles. The molecule has 2 aliphatic rings. The number of ether oxygens (including phenoxy) is 1. The molecule has 5 nitrogen and oxygen atoms in total. The number of benzene rings is 1. The average Bonchev–Trinajstić information content (AvgIpc) is 2.99. The van der Waals surface area contributed by atoms with Gasteiger partial charge in [-0.1, -0.05) is 6.92 Å². The minimum atomic E-state index is -0.268. The lowest BCUT2D eigenvalue weighted by molar-refractivity contribution is 0.0934. The van der Waals surface area contributed by atoms with Gasteiger partial charge in [0.05, 0.1) is 21.6 Å². The highest BCUT2D eigenvalue weighted by atomic mass is 79.9. The molecule has 2 aliphatic heterocycles. The number of amides is 1. The molecule has 1 aromatic carbocycles. The molecular formula is C18H19Br2N3O2S. The summed E-state index contributed by atoms with van der Waals surface area (Å²) >= 11 is 8.78. The van der Waals surface area contributed by atoms with E-state index in [-0.39, 0.29) is 12.1 Å². The molecule has 1 amide bonds. The number of likely N-dealkylation sites (N-methyl/N-ethyl adjacent to an activating group) is 1. The van der Waals surface area contributed by atoms with Crippen LogP contribution in [-0.4, -0.2) is 31.0 Å². The second kappa shape index (κ2) is 7.14. The van der Waals surface area contributed by atoms with Gasteiger partial charge in [-0.2, -0.15) is 0 Å². The molecule has 4 rings (SSSR count). The van der Waals surface area contributed by atoms with Crippen LogP contribution >= 0.6 is 43.2 Å². The second-order valence-electron chi connectivity index (χ2n) is 6.40. The Kier molecular flexibility index (Phi) is 5.02. The maximum atomic E-state index is 12.8. The van der Waals surface area contributed by atoms with Crippen molar-refractivity contribution in [1.29, 1.82) is 0 Å². The number of hydrogen-bond donors (Lipinski definition) is 2. The van der Waals surface area contributed by atoms with Crippen molar-refractivity contribution in [1.82, 2.24) is 10.2 Å². The van der Waals surface area contributed by atoms with Crippen LogP contribution in [0.3, 0.4) is 0 Å². The molecule has 8 heteroatoms. The van der Waals surface area contributed by atoms with E-state index >= 15 is 0 Å². The first-order valence-corrected chi connectivity index (χ1v) is 10.9. The second-order valence-corrected chi connectivity index (χ2v) is 9.21. The molecule has 2 aromatic rings. The SMILES string of the molecule is CCN1CCc2c(sc3c2C(=O)NC(c2cc(Br)c(OC)c(Br)c2)N3)C1. The zero-order valence-corrected chi connectivity index (χ0v) is 18.5. The summed E-state index contributed by atoms with van der Waals surface area (Å²) in [6.07, 6.45) is 0.671. The fraction of sp³-hybridized carbons (Fsp3) is 0.389. The van der Waals surface area contributed by atoms with Crippen LogP contribution in [0.2, 0.25) is 0 Å². The van der Waals surface area contributed by atoms with Gasteiger partial charge in [-0.3, -0.25) is 9.69 Å². The van der Waals surface area contributed by atoms with E-state index in [2.05, 4.69) is 54.3 Å². The van der Waals surface area contributed by atoms with Crippen LogP contribution in [0.4, 0.5) is 5.00 Å². The van der Waals surface area contributed by atoms with Crippen molar-refractivity contribution in [2.45, 2.75) is 26.1 Å². The van der Waals surface area contributed by atoms with E-state index in [1.807, 2.05) is 12.1 Å². The Hall–Kier alpha value is -1.09. The maximum Gasteiger partial charge on any atom is 0.256 e. The third kappa shape index (κ3) is 3.06. The molecule has 0 aliphatic carbocycles. The molecule has 0 spiro atoms. The first-order valence-electron chi connectivity index (χ1n) is 8.49. The predicted molar refractivity (Wildman–Crippen MR) is 111 cm³/mol. The number of hydrogen-bond acceptors (Lipinski definition) is 5. The maximum absolute atomic E-state index is 12.8. The lowest BCUT2D eigenvalue weighted by Crippen LogP contribution is -2.38. The van der Waals surface area contributed by atoms with Crippen molar-refractivity contribution in [3.63, 3.8) is 0 Å². The highest BCUT2D eigenvalue weighted by Gasteiger charge is 2.33. The number of nitrogens with zero attached hydrogens (tertiary/aromatic N) is 1. The number of methoxy groups -OCH3 is 1. The standard InChI is InChI=1S/C18H19Br2N3O2S/c1-3-23-5-4-10-13(8-23)26-18-14(10)17(24)21-16(22-18)9-6-11(19)15(25-2)12(20)7-9/h6-7,16,22H,3-5,8H2,1-2H3,(H,21,24). The molecule has 0 fully saturated rings. The molecule has 0 saturated carbocycles. The Labute approximate surface area is 173 Å². The first-order chi connectivity index (χ1) is 12.5. The molecule has 1 unspecified atom stereocenters. The van der Waals surface area contributed by atoms with Gasteiger partial charge < -0.3 is 15.4 Å². The Bertz CT molecular complexity index is 861. The zero-order valence-electron chi connectivity index (χ0n) is 14.5. The minimum absolute atomic E-state index is 0.00858. The van der Waals surface area contributed by atoms with Crippen molar-refractivity contribution >= 4 is 54.1 Å². The van der Waals surface area contributed by atoms with Gasteiger partial charge >= 0.3 is 0 Å². The lowest BCUT2D eigenvalue weighted by atomic mass is 10.0. The van der Waals surface area contributed by atoms with E-state index in [9.17, 15) is 4.79 Å². The third-order valence-corrected chi connectivity index (χ3v) is 7.25. The van der Waals surface area contributed by atoms with Crippen LogP contribution in [0.5, 0.6) is 5.75 Å². The number of carbonyl (C=O) groups is 1. The van der Waals surface area contributed by atoms with E-state index in [0.717, 1.165) is 56.9 Å². The summed E-state index contributed by atoms with van der Waals surface area (Å²) in [5.74, 6) is 0.747. The third-order valence-electron chi connectivity index (χ3n) is 4.92. The summed E-state index contributed by atoms with van der Waals surface area (Å²) in [7, 11) is 1.63. The number of fused-ring (bicyclic) bond motifs is 3. The topological polar surface area (TPSA) is 53.6 Å². The summed E-state index contributed by atoms with van der Waals surface area (Å²) in [6, 6.07) is 3.94. The molecule has 1 aromatic heterocycles. The van der Waals surface area contributed by atoms with Crippen molar-refractivity contribution in [3.05, 3.63) is 42.6 Å². The van der Waals surface area contributed by atoms with Crippen molar-refractivity contribution in [2.24, 2.45) is 0 Å². The molecule has 0 radical (unpaired) electrons. The summed E-state index contributed by atoms with van der Waals surface area (Å²) in [5, 5.41) is 7.59. The van der Waals surface area contributed by atoms with E-state index < -0.39 is 0 Å². The van der Waals surface area contributed by atoms with Crippen LogP contribution in [0.25, 0.3) is 0 Å². The highest BCUT2D eigenvalue weighted by Crippen LogP contribution is 2.42. The van der Waals surface area contributed by atoms with Crippen molar-refractivity contribution in [3.8, 4) is 5.75 Å². The van der Waals surface area contributed by atoms with E-state index in [4.69, 9.17) is 4.74 Å². The van der Waals surface area contributed by atoms with Crippen LogP contribution in [-0.2, 0) is 13.0 Å². The molecule has 2 N–H and O–H groups in total. The number of halogens is 2. The highest BCUT2D eigenvalue weighted by molar-refractivity contribution is 9.11. The van der Waals surface area contributed by atoms with Gasteiger partial charge in [0.25, 0.3) is 5.91 Å². The number of anilines is 1. The summed E-state index contributed by atoms with van der Waals surface area (Å²) in [6.45, 7) is 5.17. The Balaban J connectivity index is 1.67. The first kappa shape index (κ1) is 18.3. The van der Waals surface area contributed by atoms with Crippen molar-refractivity contribution < 1.29 is 9.53 Å². The number of rotatable bonds is 3. The Morgan fingerprint density at radius 2 is 2.04 bits per heavy atom. The fourth-order valence-electron chi connectivity index (χ4n) is 3.55. The minimum Gasteiger partial charge on any atom is -0.494 e. The predicted octanol–water partition coefficient (Wildman–Crippen LogP) is 4.51. The molecule has 3 heterocycles. The molecule has 1 atom stereocenters. The lowest BCUT2D eigenvalue weighted by Gasteiger charge is -2.28. The van der Waals surface area contributed by atoms with Crippen LogP contribution in [0.1, 0.15) is 39.5 Å². The number of nitrogens with one attached hydrogen (secondary N) is 2. The molecule has 138 valence electrons. The quantitative estimate of drug-likeness (QED) is 0.650. The average molecular weight is 501 g/mol. The van der Waals surface area contributed by atoms with Crippen LogP contribution < -0.4 is 15.4 Å². The van der Waals surface area contributed by atoms with Gasteiger partial charge in [-0.15, -0.1) is 11.3 Å². The van der Waals surface area contributed by atoms with Gasteiger partial charge in [0, 0.05) is 18.0 Å². The van der Waals surface area contributed by atoms with E-state index in [1.165, 1.54) is 10.4 Å². The summed E-state index contributed by atoms with van der Waals surface area (Å²) in [5.41, 5.74) is 3.02. The van der Waals surface area contributed by atoms with Gasteiger partial charge in [0.2, 0.25) is 0 Å². The smallest absolute Gasteiger partial charge is 0.256 e. The van der Waals surface area contributed by atoms with Crippen LogP contribution in [0.15, 0.2) is 21.1 Å². The normalized spacial score (nSPS) is 19.4. The largest absolute Gasteiger partial charge is 0.494 e. The van der Waals surface area contributed by atoms with Gasteiger partial charge in [-0.25, -0.2) is 0 Å². The molecular weight excluding hydrogens is 482 g/mol. The zero-order chi connectivity index (χ0) is 18.4. The fourth-order valence-corrected chi connectivity index (χ4v) is 6.41. The van der Waals surface area contributed by atoms with Gasteiger partial charge in [0.15, 0.2) is 0 Å². The van der Waals surface area contributed by atoms with Gasteiger partial charge in [0.1, 0.15) is 16.9 Å². The van der Waals surface area contributed by atoms with Crippen molar-refractivity contribution in [2.75, 3.05) is 25.5 Å². The van der Waals surface area contributed by atoms with E-state index in [0.29, 0.717) is 0 Å². The Morgan fingerprint density at radius 3 is 2.69 bits per heavy atom. The van der Waals surface area contributed by atoms with E-state index in [1.54, 1.807) is 18.4 Å². The van der Waals surface area contributed by atoms with Gasteiger partial charge in [-0.05, 0) is 68.1 Å². The monoisotopic (exact) mass is 499 g/mol. The molecule has 0 bridgehead atoms. The summed E-state index contributed by atoms with van der Waals surface area (Å²) < 4.78 is 7.05. The number of thiophene rings is 1. The Morgan fingerprint density at radius 1 is 1.31 bits per heavy atom. The summed E-state index contributed by atoms with van der Waals surface area (Å²) in [4.78, 5) is 16.6. The van der Waals surface area contributed by atoms with Crippen LogP contribution in [0, 0.1) is 0 Å².